The zero-order chi connectivity index (χ0) is 13.8. The smallest absolute Gasteiger partial charge is 0.153 e. The highest BCUT2D eigenvalue weighted by atomic mass is 32.2. The summed E-state index contributed by atoms with van der Waals surface area (Å²) in [5.74, 6) is 0. The van der Waals surface area contributed by atoms with Gasteiger partial charge in [-0.05, 0) is 25.8 Å². The van der Waals surface area contributed by atoms with E-state index in [1.807, 2.05) is 18.2 Å². The third-order valence-electron chi connectivity index (χ3n) is 3.39. The number of hydrogen-bond acceptors (Lipinski definition) is 3. The molecule has 1 N–H and O–H groups in total. The molecule has 3 nitrogen and oxygen atoms in total. The van der Waals surface area contributed by atoms with Crippen LogP contribution in [0.3, 0.4) is 0 Å². The van der Waals surface area contributed by atoms with E-state index < -0.39 is 14.6 Å². The second kappa shape index (κ2) is 5.85. The van der Waals surface area contributed by atoms with Gasteiger partial charge in [0.05, 0.1) is 4.75 Å². The topological polar surface area (TPSA) is 46.2 Å². The van der Waals surface area contributed by atoms with Gasteiger partial charge in [-0.25, -0.2) is 8.42 Å². The zero-order valence-corrected chi connectivity index (χ0v) is 12.4. The minimum atomic E-state index is -3.05. The van der Waals surface area contributed by atoms with E-state index in [9.17, 15) is 8.42 Å². The van der Waals surface area contributed by atoms with Crippen LogP contribution in [0.4, 0.5) is 0 Å². The fraction of sp³-hybridized carbons (Fsp3) is 0.571. The Kier molecular flexibility index (Phi) is 4.93. The van der Waals surface area contributed by atoms with Gasteiger partial charge in [-0.1, -0.05) is 37.3 Å². The van der Waals surface area contributed by atoms with E-state index in [-0.39, 0.29) is 6.04 Å². The first kappa shape index (κ1) is 15.2. The van der Waals surface area contributed by atoms with Crippen molar-refractivity contribution in [2.45, 2.75) is 38.0 Å². The van der Waals surface area contributed by atoms with Crippen molar-refractivity contribution in [1.82, 2.24) is 5.32 Å². The lowest BCUT2D eigenvalue weighted by Crippen LogP contribution is -2.42. The molecule has 1 rings (SSSR count). The first-order chi connectivity index (χ1) is 8.28. The highest BCUT2D eigenvalue weighted by Crippen LogP contribution is 2.19. The molecule has 0 fully saturated rings. The van der Waals surface area contributed by atoms with E-state index in [4.69, 9.17) is 0 Å². The highest BCUT2D eigenvalue weighted by Gasteiger charge is 2.30. The second-order valence-corrected chi connectivity index (χ2v) is 7.93. The van der Waals surface area contributed by atoms with Gasteiger partial charge in [0, 0.05) is 18.8 Å². The molecule has 0 spiro atoms. The molecule has 0 bridgehead atoms. The molecule has 0 aromatic heterocycles. The normalized spacial score (nSPS) is 14.4. The Labute approximate surface area is 111 Å². The Morgan fingerprint density at radius 3 is 2.22 bits per heavy atom. The minimum Gasteiger partial charge on any atom is -0.308 e. The van der Waals surface area contributed by atoms with Crippen molar-refractivity contribution in [2.24, 2.45) is 0 Å². The molecule has 1 unspecified atom stereocenters. The molecule has 4 heteroatoms. The van der Waals surface area contributed by atoms with E-state index in [0.717, 1.165) is 6.42 Å². The molecule has 0 saturated heterocycles. The summed E-state index contributed by atoms with van der Waals surface area (Å²) in [7, 11) is -3.05. The second-order valence-electron chi connectivity index (χ2n) is 5.28. The number of benzene rings is 1. The molecule has 0 amide bonds. The summed E-state index contributed by atoms with van der Waals surface area (Å²) in [6, 6.07) is 10.3. The maximum absolute atomic E-state index is 11.7. The van der Waals surface area contributed by atoms with Crippen LogP contribution >= 0.6 is 0 Å². The monoisotopic (exact) mass is 269 g/mol. The minimum absolute atomic E-state index is 0.201. The molecule has 0 heterocycles. The summed E-state index contributed by atoms with van der Waals surface area (Å²) in [6.45, 7) is 6.07. The van der Waals surface area contributed by atoms with Gasteiger partial charge < -0.3 is 5.32 Å². The van der Waals surface area contributed by atoms with Gasteiger partial charge in [0.1, 0.15) is 0 Å². The van der Waals surface area contributed by atoms with Gasteiger partial charge in [0.2, 0.25) is 0 Å². The van der Waals surface area contributed by atoms with E-state index in [1.165, 1.54) is 11.8 Å². The Hall–Kier alpha value is -0.870. The third-order valence-corrected chi connectivity index (χ3v) is 5.54. The lowest BCUT2D eigenvalue weighted by Gasteiger charge is -2.26. The van der Waals surface area contributed by atoms with Crippen molar-refractivity contribution in [1.29, 1.82) is 0 Å². The molecule has 0 radical (unpaired) electrons. The Bertz CT molecular complexity index is 466. The van der Waals surface area contributed by atoms with Gasteiger partial charge in [0.15, 0.2) is 9.84 Å². The number of nitrogens with one attached hydrogen (secondary N) is 1. The molecule has 18 heavy (non-hydrogen) atoms. The summed E-state index contributed by atoms with van der Waals surface area (Å²) in [5, 5.41) is 3.35. The van der Waals surface area contributed by atoms with Crippen LogP contribution in [0.2, 0.25) is 0 Å². The summed E-state index contributed by atoms with van der Waals surface area (Å²) in [4.78, 5) is 0. The maximum Gasteiger partial charge on any atom is 0.153 e. The van der Waals surface area contributed by atoms with Crippen LogP contribution in [0.1, 0.15) is 38.8 Å². The summed E-state index contributed by atoms with van der Waals surface area (Å²) >= 11 is 0. The standard InChI is InChI=1S/C14H23NO2S/c1-5-13(12-9-7-6-8-10-12)15-11-14(2,3)18(4,16)17/h6-10,13,15H,5,11H2,1-4H3. The third kappa shape index (κ3) is 3.82. The van der Waals surface area contributed by atoms with E-state index in [0.29, 0.717) is 6.54 Å². The number of sulfone groups is 1. The van der Waals surface area contributed by atoms with Crippen molar-refractivity contribution >= 4 is 9.84 Å². The zero-order valence-electron chi connectivity index (χ0n) is 11.6. The molecule has 0 aliphatic rings. The molecule has 1 aromatic carbocycles. The van der Waals surface area contributed by atoms with Gasteiger partial charge in [-0.2, -0.15) is 0 Å². The largest absolute Gasteiger partial charge is 0.308 e. The predicted molar refractivity (Wildman–Crippen MR) is 76.4 cm³/mol. The van der Waals surface area contributed by atoms with Crippen molar-refractivity contribution < 1.29 is 8.42 Å². The van der Waals surface area contributed by atoms with Crippen molar-refractivity contribution in [3.63, 3.8) is 0 Å². The quantitative estimate of drug-likeness (QED) is 0.863. The lowest BCUT2D eigenvalue weighted by molar-refractivity contribution is 0.464. The van der Waals surface area contributed by atoms with Crippen molar-refractivity contribution in [3.8, 4) is 0 Å². The fourth-order valence-corrected chi connectivity index (χ4v) is 2.03. The average Bonchev–Trinajstić information content (AvgIpc) is 2.29. The van der Waals surface area contributed by atoms with Crippen LogP contribution in [0.25, 0.3) is 0 Å². The van der Waals surface area contributed by atoms with Gasteiger partial charge in [-0.3, -0.25) is 0 Å². The SMILES string of the molecule is CCC(NCC(C)(C)S(C)(=O)=O)c1ccccc1. The summed E-state index contributed by atoms with van der Waals surface area (Å²) in [6.07, 6.45) is 2.22. The molecule has 0 aliphatic heterocycles. The average molecular weight is 269 g/mol. The Balaban J connectivity index is 2.73. The van der Waals surface area contributed by atoms with Gasteiger partial charge >= 0.3 is 0 Å². The van der Waals surface area contributed by atoms with Crippen LogP contribution in [0, 0.1) is 0 Å². The predicted octanol–water partition coefficient (Wildman–Crippen LogP) is 2.55. The van der Waals surface area contributed by atoms with Gasteiger partial charge in [-0.15, -0.1) is 0 Å². The first-order valence-corrected chi connectivity index (χ1v) is 8.15. The Morgan fingerprint density at radius 2 is 1.78 bits per heavy atom. The molecule has 102 valence electrons. The van der Waals surface area contributed by atoms with Crippen molar-refractivity contribution in [2.75, 3.05) is 12.8 Å². The molecule has 0 aliphatic carbocycles. The van der Waals surface area contributed by atoms with E-state index in [2.05, 4.69) is 24.4 Å². The van der Waals surface area contributed by atoms with Crippen LogP contribution in [-0.4, -0.2) is 26.0 Å². The molecular formula is C14H23NO2S. The Morgan fingerprint density at radius 1 is 1.22 bits per heavy atom. The highest BCUT2D eigenvalue weighted by molar-refractivity contribution is 7.92. The lowest BCUT2D eigenvalue weighted by atomic mass is 10.0. The molecule has 0 saturated carbocycles. The molecule has 1 atom stereocenters. The van der Waals surface area contributed by atoms with E-state index in [1.54, 1.807) is 13.8 Å². The number of rotatable bonds is 6. The molecular weight excluding hydrogens is 246 g/mol. The summed E-state index contributed by atoms with van der Waals surface area (Å²) in [5.41, 5.74) is 1.20. The fourth-order valence-electron chi connectivity index (χ4n) is 1.68. The molecule has 1 aromatic rings. The number of hydrogen-bond donors (Lipinski definition) is 1. The van der Waals surface area contributed by atoms with Crippen molar-refractivity contribution in [3.05, 3.63) is 35.9 Å². The van der Waals surface area contributed by atoms with Crippen LogP contribution in [0.15, 0.2) is 30.3 Å². The first-order valence-electron chi connectivity index (χ1n) is 6.26. The summed E-state index contributed by atoms with van der Waals surface area (Å²) < 4.78 is 22.6. The van der Waals surface area contributed by atoms with Crippen LogP contribution in [-0.2, 0) is 9.84 Å². The maximum atomic E-state index is 11.7. The van der Waals surface area contributed by atoms with E-state index >= 15 is 0 Å². The van der Waals surface area contributed by atoms with Crippen LogP contribution in [0.5, 0.6) is 0 Å². The van der Waals surface area contributed by atoms with Gasteiger partial charge in [0.25, 0.3) is 0 Å². The van der Waals surface area contributed by atoms with Crippen LogP contribution < -0.4 is 5.32 Å².